The minimum absolute atomic E-state index is 0.205. The van der Waals surface area contributed by atoms with E-state index in [0.717, 1.165) is 0 Å². The molecule has 28 heavy (non-hydrogen) atoms. The lowest BCUT2D eigenvalue weighted by molar-refractivity contribution is -0.149. The van der Waals surface area contributed by atoms with Gasteiger partial charge in [-0.15, -0.1) is 0 Å². The Morgan fingerprint density at radius 3 is 2.61 bits per heavy atom. The summed E-state index contributed by atoms with van der Waals surface area (Å²) in [5.41, 5.74) is -0.622. The van der Waals surface area contributed by atoms with Crippen LogP contribution in [-0.2, 0) is 14.3 Å². The average molecular weight is 386 g/mol. The van der Waals surface area contributed by atoms with Crippen molar-refractivity contribution in [2.75, 3.05) is 13.7 Å². The van der Waals surface area contributed by atoms with Gasteiger partial charge in [0.2, 0.25) is 11.5 Å². The zero-order valence-corrected chi connectivity index (χ0v) is 16.2. The summed E-state index contributed by atoms with van der Waals surface area (Å²) in [5.74, 6) is -0.326. The van der Waals surface area contributed by atoms with Gasteiger partial charge in [0.1, 0.15) is 0 Å². The summed E-state index contributed by atoms with van der Waals surface area (Å²) in [5, 5.41) is 0. The van der Waals surface area contributed by atoms with Crippen molar-refractivity contribution in [3.05, 3.63) is 48.4 Å². The Morgan fingerprint density at radius 1 is 1.18 bits per heavy atom. The first-order chi connectivity index (χ1) is 13.4. The van der Waals surface area contributed by atoms with Gasteiger partial charge >= 0.3 is 11.9 Å². The number of hydrogen-bond acceptors (Lipinski definition) is 8. The van der Waals surface area contributed by atoms with Crippen molar-refractivity contribution in [3.8, 4) is 17.4 Å². The molecule has 0 aliphatic heterocycles. The van der Waals surface area contributed by atoms with Crippen LogP contribution >= 0.6 is 0 Å². The summed E-state index contributed by atoms with van der Waals surface area (Å²) < 4.78 is 21.1. The molecule has 0 atom stereocenters. The number of aromatic nitrogens is 2. The van der Waals surface area contributed by atoms with Crippen LogP contribution in [0, 0.1) is 0 Å². The van der Waals surface area contributed by atoms with Gasteiger partial charge in [-0.25, -0.2) is 14.6 Å². The van der Waals surface area contributed by atoms with Gasteiger partial charge < -0.3 is 18.9 Å². The first-order valence-electron chi connectivity index (χ1n) is 8.56. The minimum atomic E-state index is -1.30. The minimum Gasteiger partial charge on any atom is -0.493 e. The monoisotopic (exact) mass is 386 g/mol. The zero-order chi connectivity index (χ0) is 20.6. The van der Waals surface area contributed by atoms with Gasteiger partial charge in [0.05, 0.1) is 19.9 Å². The van der Waals surface area contributed by atoms with E-state index >= 15 is 0 Å². The maximum atomic E-state index is 12.6. The van der Waals surface area contributed by atoms with Crippen molar-refractivity contribution >= 4 is 18.0 Å². The fourth-order valence-corrected chi connectivity index (χ4v) is 2.09. The summed E-state index contributed by atoms with van der Waals surface area (Å²) in [7, 11) is 1.45. The number of nitrogens with zero attached hydrogens (tertiary/aromatic N) is 2. The summed E-state index contributed by atoms with van der Waals surface area (Å²) in [6, 6.07) is 4.88. The van der Waals surface area contributed by atoms with Gasteiger partial charge in [0.15, 0.2) is 11.5 Å². The Labute approximate surface area is 163 Å². The fraction of sp³-hybridized carbons (Fsp3) is 0.300. The SMILES string of the molecule is CCOC(=O)/C=C/c1ccc(OC(=O)C(C)(C)Oc2cnccn2)c(OC)c1. The molecule has 0 N–H and O–H groups in total. The van der Waals surface area contributed by atoms with Crippen LogP contribution in [0.25, 0.3) is 6.08 Å². The number of carbonyl (C=O) groups is 2. The molecule has 0 fully saturated rings. The van der Waals surface area contributed by atoms with Crippen molar-refractivity contribution in [2.45, 2.75) is 26.4 Å². The molecular weight excluding hydrogens is 364 g/mol. The molecule has 0 radical (unpaired) electrons. The molecule has 0 unspecified atom stereocenters. The largest absolute Gasteiger partial charge is 0.493 e. The second-order valence-electron chi connectivity index (χ2n) is 6.04. The van der Waals surface area contributed by atoms with Gasteiger partial charge in [-0.1, -0.05) is 6.07 Å². The van der Waals surface area contributed by atoms with Crippen LogP contribution in [0.15, 0.2) is 42.9 Å². The van der Waals surface area contributed by atoms with Gasteiger partial charge in [-0.3, -0.25) is 4.98 Å². The highest BCUT2D eigenvalue weighted by Gasteiger charge is 2.33. The normalized spacial score (nSPS) is 11.1. The van der Waals surface area contributed by atoms with E-state index in [-0.39, 0.29) is 11.6 Å². The summed E-state index contributed by atoms with van der Waals surface area (Å²) in [6.45, 7) is 5.15. The first-order valence-corrected chi connectivity index (χ1v) is 8.56. The van der Waals surface area contributed by atoms with E-state index in [0.29, 0.717) is 17.9 Å². The van der Waals surface area contributed by atoms with Crippen molar-refractivity contribution < 1.29 is 28.5 Å². The Kier molecular flexibility index (Phi) is 7.08. The van der Waals surface area contributed by atoms with Crippen LogP contribution in [0.1, 0.15) is 26.3 Å². The molecule has 1 heterocycles. The molecule has 0 spiro atoms. The average Bonchev–Trinajstić information content (AvgIpc) is 2.67. The maximum Gasteiger partial charge on any atom is 0.355 e. The zero-order valence-electron chi connectivity index (χ0n) is 16.2. The molecule has 0 saturated carbocycles. The lowest BCUT2D eigenvalue weighted by Crippen LogP contribution is -2.41. The molecule has 2 aromatic rings. The maximum absolute atomic E-state index is 12.6. The number of ether oxygens (including phenoxy) is 4. The molecule has 0 amide bonds. The van der Waals surface area contributed by atoms with Gasteiger partial charge in [0, 0.05) is 18.5 Å². The summed E-state index contributed by atoms with van der Waals surface area (Å²) in [4.78, 5) is 31.8. The summed E-state index contributed by atoms with van der Waals surface area (Å²) >= 11 is 0. The van der Waals surface area contributed by atoms with Crippen LogP contribution in [0.4, 0.5) is 0 Å². The molecule has 0 saturated heterocycles. The smallest absolute Gasteiger partial charge is 0.355 e. The number of benzene rings is 1. The third-order valence-electron chi connectivity index (χ3n) is 3.48. The fourth-order valence-electron chi connectivity index (χ4n) is 2.09. The van der Waals surface area contributed by atoms with E-state index < -0.39 is 17.5 Å². The van der Waals surface area contributed by atoms with Crippen LogP contribution in [0.2, 0.25) is 0 Å². The van der Waals surface area contributed by atoms with Crippen LogP contribution < -0.4 is 14.2 Å². The summed E-state index contributed by atoms with van der Waals surface area (Å²) in [6.07, 6.45) is 7.25. The third-order valence-corrected chi connectivity index (χ3v) is 3.48. The van der Waals surface area contributed by atoms with Gasteiger partial charge in [0.25, 0.3) is 0 Å². The van der Waals surface area contributed by atoms with Crippen molar-refractivity contribution in [3.63, 3.8) is 0 Å². The van der Waals surface area contributed by atoms with Crippen LogP contribution in [-0.4, -0.2) is 41.2 Å². The lowest BCUT2D eigenvalue weighted by atomic mass is 10.1. The highest BCUT2D eigenvalue weighted by molar-refractivity contribution is 5.87. The Bertz CT molecular complexity index is 849. The number of rotatable bonds is 8. The molecule has 8 nitrogen and oxygen atoms in total. The molecular formula is C20H22N2O6. The number of esters is 2. The predicted octanol–water partition coefficient (Wildman–Crippen LogP) is 2.82. The molecule has 0 bridgehead atoms. The van der Waals surface area contributed by atoms with E-state index in [1.165, 1.54) is 31.8 Å². The van der Waals surface area contributed by atoms with E-state index in [4.69, 9.17) is 18.9 Å². The van der Waals surface area contributed by atoms with Crippen molar-refractivity contribution in [1.82, 2.24) is 9.97 Å². The first kappa shape index (κ1) is 20.9. The molecule has 0 aliphatic rings. The third kappa shape index (κ3) is 5.80. The second kappa shape index (κ2) is 9.50. The number of hydrogen-bond donors (Lipinski definition) is 0. The quantitative estimate of drug-likeness (QED) is 0.388. The van der Waals surface area contributed by atoms with Crippen LogP contribution in [0.3, 0.4) is 0 Å². The number of methoxy groups -OCH3 is 1. The van der Waals surface area contributed by atoms with Gasteiger partial charge in [-0.2, -0.15) is 0 Å². The van der Waals surface area contributed by atoms with E-state index in [1.807, 2.05) is 0 Å². The second-order valence-corrected chi connectivity index (χ2v) is 6.04. The highest BCUT2D eigenvalue weighted by Crippen LogP contribution is 2.30. The van der Waals surface area contributed by atoms with E-state index in [1.54, 1.807) is 45.0 Å². The van der Waals surface area contributed by atoms with Gasteiger partial charge in [-0.05, 0) is 44.5 Å². The Hall–Kier alpha value is -3.42. The standard InChI is InChI=1S/C20H22N2O6/c1-5-26-18(23)9-7-14-6-8-15(16(12-14)25-4)27-19(24)20(2,3)28-17-13-21-10-11-22-17/h6-13H,5H2,1-4H3/b9-7+. The van der Waals surface area contributed by atoms with E-state index in [9.17, 15) is 9.59 Å². The van der Waals surface area contributed by atoms with E-state index in [2.05, 4.69) is 9.97 Å². The lowest BCUT2D eigenvalue weighted by Gasteiger charge is -2.23. The highest BCUT2D eigenvalue weighted by atomic mass is 16.6. The molecule has 1 aromatic heterocycles. The Balaban J connectivity index is 2.12. The topological polar surface area (TPSA) is 96.8 Å². The van der Waals surface area contributed by atoms with Crippen molar-refractivity contribution in [1.29, 1.82) is 0 Å². The Morgan fingerprint density at radius 2 is 1.96 bits per heavy atom. The molecule has 148 valence electrons. The molecule has 8 heteroatoms. The molecule has 2 rings (SSSR count). The molecule has 1 aromatic carbocycles. The van der Waals surface area contributed by atoms with Crippen molar-refractivity contribution in [2.24, 2.45) is 0 Å². The van der Waals surface area contributed by atoms with Crippen LogP contribution in [0.5, 0.6) is 17.4 Å². The number of carbonyl (C=O) groups excluding carboxylic acids is 2. The molecule has 0 aliphatic carbocycles. The predicted molar refractivity (Wildman–Crippen MR) is 101 cm³/mol.